The topological polar surface area (TPSA) is 89.0 Å². The van der Waals surface area contributed by atoms with Crippen LogP contribution < -0.4 is 15.4 Å². The number of urea groups is 1. The first kappa shape index (κ1) is 22.0. The Morgan fingerprint density at radius 2 is 1.87 bits per heavy atom. The van der Waals surface area contributed by atoms with Gasteiger partial charge >= 0.3 is 12.2 Å². The van der Waals surface area contributed by atoms with Crippen LogP contribution in [0.3, 0.4) is 0 Å². The highest BCUT2D eigenvalue weighted by atomic mass is 19.4. The van der Waals surface area contributed by atoms with Gasteiger partial charge in [-0.3, -0.25) is 4.98 Å². The average molecular weight is 431 g/mol. The summed E-state index contributed by atoms with van der Waals surface area (Å²) < 4.78 is 44.1. The van der Waals surface area contributed by atoms with Gasteiger partial charge in [-0.2, -0.15) is 13.2 Å². The van der Waals surface area contributed by atoms with Crippen LogP contribution >= 0.6 is 0 Å². The van der Waals surface area contributed by atoms with Gasteiger partial charge in [-0.25, -0.2) is 14.8 Å². The molecule has 0 fully saturated rings. The number of hydrogen-bond acceptors (Lipinski definition) is 5. The van der Waals surface area contributed by atoms with E-state index in [1.54, 1.807) is 19.2 Å². The molecular formula is C21H20F3N5O2. The van der Waals surface area contributed by atoms with Crippen LogP contribution in [0, 0.1) is 13.8 Å². The van der Waals surface area contributed by atoms with Gasteiger partial charge in [0.05, 0.1) is 35.3 Å². The van der Waals surface area contributed by atoms with Crippen LogP contribution in [-0.4, -0.2) is 27.6 Å². The monoisotopic (exact) mass is 431 g/mol. The zero-order chi connectivity index (χ0) is 22.6. The van der Waals surface area contributed by atoms with Crippen LogP contribution in [0.5, 0.6) is 5.75 Å². The third-order valence-electron chi connectivity index (χ3n) is 4.22. The number of nitrogens with zero attached hydrogens (tertiary/aromatic N) is 3. The molecule has 0 unspecified atom stereocenters. The second-order valence-corrected chi connectivity index (χ2v) is 6.61. The van der Waals surface area contributed by atoms with Crippen molar-refractivity contribution in [3.05, 3.63) is 59.7 Å². The highest BCUT2D eigenvalue weighted by Crippen LogP contribution is 2.31. The lowest BCUT2D eigenvalue weighted by atomic mass is 10.2. The molecule has 0 saturated heterocycles. The Morgan fingerprint density at radius 3 is 2.55 bits per heavy atom. The molecule has 0 bridgehead atoms. The highest BCUT2D eigenvalue weighted by Gasteiger charge is 2.30. The van der Waals surface area contributed by atoms with Crippen molar-refractivity contribution >= 4 is 17.4 Å². The molecular weight excluding hydrogens is 411 g/mol. The molecule has 2 heterocycles. The van der Waals surface area contributed by atoms with E-state index in [1.165, 1.54) is 18.3 Å². The molecule has 0 aliphatic rings. The molecule has 162 valence electrons. The van der Waals surface area contributed by atoms with Crippen LogP contribution in [0.2, 0.25) is 0 Å². The maximum atomic E-state index is 12.8. The Bertz CT molecular complexity index is 1100. The zero-order valence-corrected chi connectivity index (χ0v) is 17.0. The predicted molar refractivity (Wildman–Crippen MR) is 110 cm³/mol. The number of amides is 2. The molecule has 0 atom stereocenters. The van der Waals surface area contributed by atoms with Gasteiger partial charge in [-0.05, 0) is 39.0 Å². The molecule has 2 amide bonds. The fourth-order valence-electron chi connectivity index (χ4n) is 2.76. The van der Waals surface area contributed by atoms with E-state index in [1.807, 2.05) is 13.8 Å². The fraction of sp³-hybridized carbons (Fsp3) is 0.238. The molecule has 10 heteroatoms. The first-order valence-electron chi connectivity index (χ1n) is 9.36. The first-order valence-corrected chi connectivity index (χ1v) is 9.36. The molecule has 3 aromatic rings. The largest absolute Gasteiger partial charge is 0.493 e. The van der Waals surface area contributed by atoms with Crippen molar-refractivity contribution in [2.45, 2.75) is 26.9 Å². The predicted octanol–water partition coefficient (Wildman–Crippen LogP) is 5.22. The molecule has 1 aromatic carbocycles. The molecule has 0 radical (unpaired) electrons. The van der Waals surface area contributed by atoms with Crippen molar-refractivity contribution in [1.82, 2.24) is 15.0 Å². The quantitative estimate of drug-likeness (QED) is 0.578. The van der Waals surface area contributed by atoms with Gasteiger partial charge in [0.15, 0.2) is 5.82 Å². The van der Waals surface area contributed by atoms with Crippen molar-refractivity contribution in [1.29, 1.82) is 0 Å². The van der Waals surface area contributed by atoms with E-state index < -0.39 is 17.8 Å². The summed E-state index contributed by atoms with van der Waals surface area (Å²) >= 11 is 0. The van der Waals surface area contributed by atoms with E-state index in [0.29, 0.717) is 35.1 Å². The molecule has 7 nitrogen and oxygen atoms in total. The van der Waals surface area contributed by atoms with Gasteiger partial charge < -0.3 is 15.4 Å². The summed E-state index contributed by atoms with van der Waals surface area (Å²) in [6.45, 7) is 5.84. The van der Waals surface area contributed by atoms with Crippen molar-refractivity contribution in [3.63, 3.8) is 0 Å². The minimum atomic E-state index is -4.50. The van der Waals surface area contributed by atoms with Gasteiger partial charge in [-0.1, -0.05) is 6.07 Å². The maximum absolute atomic E-state index is 12.8. The van der Waals surface area contributed by atoms with Gasteiger partial charge in [0.2, 0.25) is 0 Å². The van der Waals surface area contributed by atoms with Gasteiger partial charge in [0.25, 0.3) is 0 Å². The third-order valence-corrected chi connectivity index (χ3v) is 4.22. The van der Waals surface area contributed by atoms with E-state index in [-0.39, 0.29) is 5.69 Å². The number of alkyl halides is 3. The number of aryl methyl sites for hydroxylation is 2. The van der Waals surface area contributed by atoms with Gasteiger partial charge in [-0.15, -0.1) is 0 Å². The maximum Gasteiger partial charge on any atom is 0.416 e. The number of aromatic nitrogens is 3. The molecule has 2 N–H and O–H groups in total. The summed E-state index contributed by atoms with van der Waals surface area (Å²) in [5.41, 5.74) is 1.32. The first-order chi connectivity index (χ1) is 14.7. The number of halogens is 3. The van der Waals surface area contributed by atoms with Gasteiger partial charge in [0, 0.05) is 23.6 Å². The Kier molecular flexibility index (Phi) is 6.38. The minimum Gasteiger partial charge on any atom is -0.493 e. The van der Waals surface area contributed by atoms with E-state index in [0.717, 1.165) is 17.8 Å². The summed E-state index contributed by atoms with van der Waals surface area (Å²) in [7, 11) is 0. The number of anilines is 2. The second-order valence-electron chi connectivity index (χ2n) is 6.61. The molecule has 0 spiro atoms. The summed E-state index contributed by atoms with van der Waals surface area (Å²) in [5, 5.41) is 4.91. The smallest absolute Gasteiger partial charge is 0.416 e. The Hall–Kier alpha value is -3.69. The molecule has 0 aliphatic carbocycles. The molecule has 0 saturated carbocycles. The summed E-state index contributed by atoms with van der Waals surface area (Å²) in [6, 6.07) is 5.42. The van der Waals surface area contributed by atoms with Crippen LogP contribution in [-0.2, 0) is 6.18 Å². The summed E-state index contributed by atoms with van der Waals surface area (Å²) in [6.07, 6.45) is -1.47. The zero-order valence-electron chi connectivity index (χ0n) is 17.0. The number of hydrogen-bond donors (Lipinski definition) is 2. The van der Waals surface area contributed by atoms with E-state index >= 15 is 0 Å². The lowest BCUT2D eigenvalue weighted by Crippen LogP contribution is -2.21. The SMILES string of the molecule is CCOc1cc(C)ncc1-c1ncc(NC(=O)Nc2cccc(C(F)(F)F)c2)c(C)n1. The number of rotatable bonds is 5. The Balaban J connectivity index is 1.76. The molecule has 31 heavy (non-hydrogen) atoms. The van der Waals surface area contributed by atoms with E-state index in [4.69, 9.17) is 4.74 Å². The number of nitrogens with one attached hydrogen (secondary N) is 2. The van der Waals surface area contributed by atoms with E-state index in [2.05, 4.69) is 25.6 Å². The standard InChI is InChI=1S/C21H20F3N5O2/c1-4-31-18-8-12(2)25-10-16(18)19-26-11-17(13(3)27-19)29-20(30)28-15-7-5-6-14(9-15)21(22,23)24/h5-11H,4H2,1-3H3,(H2,28,29,30). The summed E-state index contributed by atoms with van der Waals surface area (Å²) in [5.74, 6) is 0.967. The number of pyridine rings is 1. The van der Waals surface area contributed by atoms with Crippen LogP contribution in [0.25, 0.3) is 11.4 Å². The van der Waals surface area contributed by atoms with Crippen molar-refractivity contribution in [2.24, 2.45) is 0 Å². The Morgan fingerprint density at radius 1 is 1.10 bits per heavy atom. The fourth-order valence-corrected chi connectivity index (χ4v) is 2.76. The third kappa shape index (κ3) is 5.47. The second kappa shape index (κ2) is 8.99. The van der Waals surface area contributed by atoms with Crippen molar-refractivity contribution in [2.75, 3.05) is 17.2 Å². The van der Waals surface area contributed by atoms with Crippen molar-refractivity contribution < 1.29 is 22.7 Å². The van der Waals surface area contributed by atoms with Crippen molar-refractivity contribution in [3.8, 4) is 17.1 Å². The molecule has 0 aliphatic heterocycles. The normalized spacial score (nSPS) is 11.2. The number of ether oxygens (including phenoxy) is 1. The number of carbonyl (C=O) groups is 1. The lowest BCUT2D eigenvalue weighted by molar-refractivity contribution is -0.137. The van der Waals surface area contributed by atoms with Crippen LogP contribution in [0.15, 0.2) is 42.7 Å². The number of benzene rings is 1. The summed E-state index contributed by atoms with van der Waals surface area (Å²) in [4.78, 5) is 25.2. The average Bonchev–Trinajstić information content (AvgIpc) is 2.69. The molecule has 3 rings (SSSR count). The minimum absolute atomic E-state index is 0.00889. The number of carbonyl (C=O) groups excluding carboxylic acids is 1. The van der Waals surface area contributed by atoms with Crippen LogP contribution in [0.1, 0.15) is 23.9 Å². The lowest BCUT2D eigenvalue weighted by Gasteiger charge is -2.13. The Labute approximate surface area is 176 Å². The van der Waals surface area contributed by atoms with E-state index in [9.17, 15) is 18.0 Å². The van der Waals surface area contributed by atoms with Gasteiger partial charge in [0.1, 0.15) is 5.75 Å². The van der Waals surface area contributed by atoms with Crippen LogP contribution in [0.4, 0.5) is 29.3 Å². The molecule has 2 aromatic heterocycles. The highest BCUT2D eigenvalue weighted by molar-refractivity contribution is 6.00.